The minimum absolute atomic E-state index is 0.0285. The summed E-state index contributed by atoms with van der Waals surface area (Å²) in [7, 11) is 0. The van der Waals surface area contributed by atoms with Crippen LogP contribution >= 0.6 is 22.9 Å². The highest BCUT2D eigenvalue weighted by Crippen LogP contribution is 2.40. The Morgan fingerprint density at radius 3 is 2.49 bits per heavy atom. The number of anilines is 1. The number of rotatable bonds is 11. The van der Waals surface area contributed by atoms with E-state index in [1.54, 1.807) is 31.0 Å². The molecular weight excluding hydrogens is 788 g/mol. The molecule has 4 amide bonds. The van der Waals surface area contributed by atoms with Gasteiger partial charge in [-0.1, -0.05) is 47.7 Å². The summed E-state index contributed by atoms with van der Waals surface area (Å²) in [5.41, 5.74) is 5.85. The number of hydrogen-bond acceptors (Lipinski definition) is 11. The Hall–Kier alpha value is -5.79. The first-order valence-electron chi connectivity index (χ1n) is 19.5. The van der Waals surface area contributed by atoms with E-state index in [0.29, 0.717) is 35.6 Å². The number of carbonyl (C=O) groups is 4. The number of aliphatic imine (C=N–C) groups is 1. The number of amides is 4. The van der Waals surface area contributed by atoms with Crippen molar-refractivity contribution in [2.45, 2.75) is 65.7 Å². The van der Waals surface area contributed by atoms with E-state index < -0.39 is 18.0 Å². The SMILES string of the molecule is CC(=N)N1C(=N)[C@H](C)N=C(c2ccc(Cl)cc2)c2c1sc(C#Cc1cnn(CCN3CCN(Cc4cccc5c4C(=O)N(C(C)CCC(=O)NC=O)C5=O)CC3)c1)c2C. The topological polar surface area (TPSA) is 171 Å². The molecule has 304 valence electrons. The molecule has 3 aliphatic heterocycles. The second-order valence-corrected chi connectivity index (χ2v) is 16.4. The van der Waals surface area contributed by atoms with Gasteiger partial charge >= 0.3 is 0 Å². The third-order valence-corrected chi connectivity index (χ3v) is 12.4. The van der Waals surface area contributed by atoms with Gasteiger partial charge in [-0.2, -0.15) is 5.10 Å². The molecule has 2 aromatic heterocycles. The van der Waals surface area contributed by atoms with Gasteiger partial charge in [0, 0.05) is 74.1 Å². The van der Waals surface area contributed by atoms with Gasteiger partial charge in [-0.3, -0.25) is 64.6 Å². The van der Waals surface area contributed by atoms with Gasteiger partial charge < -0.3 is 0 Å². The molecule has 2 atom stereocenters. The van der Waals surface area contributed by atoms with Gasteiger partial charge in [0.2, 0.25) is 12.3 Å². The molecule has 3 N–H and O–H groups in total. The maximum atomic E-state index is 13.5. The van der Waals surface area contributed by atoms with E-state index in [4.69, 9.17) is 27.4 Å². The van der Waals surface area contributed by atoms with Crippen molar-refractivity contribution in [3.05, 3.63) is 104 Å². The van der Waals surface area contributed by atoms with Crippen LogP contribution in [-0.4, -0.2) is 111 Å². The number of imide groups is 2. The number of nitrogens with zero attached hydrogens (tertiary/aromatic N) is 7. The third-order valence-electron chi connectivity index (χ3n) is 10.9. The molecule has 0 aliphatic carbocycles. The molecule has 14 nitrogen and oxygen atoms in total. The van der Waals surface area contributed by atoms with Gasteiger partial charge in [0.05, 0.1) is 40.0 Å². The van der Waals surface area contributed by atoms with Crippen LogP contribution < -0.4 is 10.2 Å². The summed E-state index contributed by atoms with van der Waals surface area (Å²) in [5.74, 6) is 5.96. The first-order chi connectivity index (χ1) is 28.3. The van der Waals surface area contributed by atoms with Gasteiger partial charge in [-0.25, -0.2) is 0 Å². The summed E-state index contributed by atoms with van der Waals surface area (Å²) in [6.45, 7) is 12.6. The van der Waals surface area contributed by atoms with Gasteiger partial charge in [0.25, 0.3) is 11.8 Å². The van der Waals surface area contributed by atoms with Crippen molar-refractivity contribution in [3.8, 4) is 11.8 Å². The van der Waals surface area contributed by atoms with Crippen LogP contribution in [0.4, 0.5) is 5.00 Å². The van der Waals surface area contributed by atoms with Gasteiger partial charge in [-0.05, 0) is 63.4 Å². The molecule has 3 aliphatic rings. The molecule has 5 heterocycles. The van der Waals surface area contributed by atoms with Crippen molar-refractivity contribution in [2.24, 2.45) is 4.99 Å². The first kappa shape index (κ1) is 41.4. The predicted molar refractivity (Wildman–Crippen MR) is 229 cm³/mol. The molecular formula is C43H45ClN10O4S. The fraction of sp³-hybridized carbons (Fsp3) is 0.349. The van der Waals surface area contributed by atoms with E-state index in [-0.39, 0.29) is 36.3 Å². The van der Waals surface area contributed by atoms with Crippen molar-refractivity contribution >= 4 is 69.5 Å². The number of amidine groups is 2. The quantitative estimate of drug-likeness (QED) is 0.0611. The number of halogens is 1. The average Bonchev–Trinajstić information content (AvgIpc) is 3.86. The Labute approximate surface area is 351 Å². The molecule has 59 heavy (non-hydrogen) atoms. The lowest BCUT2D eigenvalue weighted by molar-refractivity contribution is -0.125. The number of fused-ring (bicyclic) bond motifs is 2. The number of hydrogen-bond donors (Lipinski definition) is 3. The molecule has 1 saturated heterocycles. The van der Waals surface area contributed by atoms with Crippen LogP contribution in [-0.2, 0) is 22.7 Å². The van der Waals surface area contributed by atoms with Crippen LogP contribution in [0.15, 0.2) is 59.9 Å². The fourth-order valence-corrected chi connectivity index (χ4v) is 9.03. The van der Waals surface area contributed by atoms with Crippen molar-refractivity contribution in [3.63, 3.8) is 0 Å². The monoisotopic (exact) mass is 832 g/mol. The summed E-state index contributed by atoms with van der Waals surface area (Å²) in [6.07, 6.45) is 4.32. The van der Waals surface area contributed by atoms with Crippen LogP contribution in [0.5, 0.6) is 0 Å². The Balaban J connectivity index is 0.965. The zero-order valence-corrected chi connectivity index (χ0v) is 34.9. The molecule has 4 aromatic rings. The van der Waals surface area contributed by atoms with E-state index in [1.807, 2.05) is 61.1 Å². The first-order valence-corrected chi connectivity index (χ1v) is 20.7. The van der Waals surface area contributed by atoms with Crippen molar-refractivity contribution in [1.82, 2.24) is 29.8 Å². The van der Waals surface area contributed by atoms with Crippen LogP contribution in [0, 0.1) is 29.6 Å². The predicted octanol–water partition coefficient (Wildman–Crippen LogP) is 5.18. The minimum atomic E-state index is -0.495. The second-order valence-electron chi connectivity index (χ2n) is 15.0. The summed E-state index contributed by atoms with van der Waals surface area (Å²) in [5, 5.41) is 25.5. The van der Waals surface area contributed by atoms with Crippen LogP contribution in [0.3, 0.4) is 0 Å². The zero-order chi connectivity index (χ0) is 42.0. The van der Waals surface area contributed by atoms with E-state index in [1.165, 1.54) is 16.2 Å². The summed E-state index contributed by atoms with van der Waals surface area (Å²) in [4.78, 5) is 62.5. The number of carbonyl (C=O) groups excluding carboxylic acids is 4. The van der Waals surface area contributed by atoms with Gasteiger partial charge in [0.15, 0.2) is 0 Å². The number of thiophene rings is 1. The number of nitrogens with one attached hydrogen (secondary N) is 3. The Kier molecular flexibility index (Phi) is 12.3. The number of benzene rings is 2. The lowest BCUT2D eigenvalue weighted by atomic mass is 9.99. The van der Waals surface area contributed by atoms with Crippen LogP contribution in [0.25, 0.3) is 0 Å². The highest BCUT2D eigenvalue weighted by molar-refractivity contribution is 7.17. The Morgan fingerprint density at radius 1 is 1.05 bits per heavy atom. The molecule has 1 fully saturated rings. The maximum Gasteiger partial charge on any atom is 0.262 e. The van der Waals surface area contributed by atoms with Gasteiger partial charge in [-0.15, -0.1) is 11.3 Å². The largest absolute Gasteiger partial charge is 0.299 e. The molecule has 0 radical (unpaired) electrons. The van der Waals surface area contributed by atoms with Crippen LogP contribution in [0.1, 0.15) is 87.0 Å². The summed E-state index contributed by atoms with van der Waals surface area (Å²) in [6, 6.07) is 12.0. The molecule has 2 aromatic carbocycles. The van der Waals surface area contributed by atoms with Gasteiger partial charge in [0.1, 0.15) is 22.7 Å². The lowest BCUT2D eigenvalue weighted by Gasteiger charge is -2.34. The van der Waals surface area contributed by atoms with Crippen molar-refractivity contribution < 1.29 is 19.2 Å². The van der Waals surface area contributed by atoms with E-state index >= 15 is 0 Å². The Morgan fingerprint density at radius 2 is 1.78 bits per heavy atom. The molecule has 0 spiro atoms. The summed E-state index contributed by atoms with van der Waals surface area (Å²) >= 11 is 7.66. The maximum absolute atomic E-state index is 13.5. The molecule has 0 bridgehead atoms. The molecule has 1 unspecified atom stereocenters. The van der Waals surface area contributed by atoms with Crippen molar-refractivity contribution in [1.29, 1.82) is 10.8 Å². The highest BCUT2D eigenvalue weighted by Gasteiger charge is 2.40. The van der Waals surface area contributed by atoms with E-state index in [0.717, 1.165) is 76.1 Å². The number of piperazine rings is 1. The fourth-order valence-electron chi connectivity index (χ4n) is 7.68. The minimum Gasteiger partial charge on any atom is -0.299 e. The normalized spacial score (nSPS) is 17.5. The van der Waals surface area contributed by atoms with Crippen molar-refractivity contribution in [2.75, 3.05) is 37.6 Å². The second kappa shape index (κ2) is 17.6. The molecule has 0 saturated carbocycles. The molecule has 7 rings (SSSR count). The van der Waals surface area contributed by atoms with Crippen LogP contribution in [0.2, 0.25) is 5.02 Å². The van der Waals surface area contributed by atoms with E-state index in [2.05, 4.69) is 32.1 Å². The summed E-state index contributed by atoms with van der Waals surface area (Å²) < 4.78 is 1.90. The zero-order valence-electron chi connectivity index (χ0n) is 33.3. The third kappa shape index (κ3) is 8.67. The number of aromatic nitrogens is 2. The lowest BCUT2D eigenvalue weighted by Crippen LogP contribution is -2.46. The van der Waals surface area contributed by atoms with E-state index in [9.17, 15) is 19.2 Å². The Bertz CT molecular complexity index is 2440. The smallest absolute Gasteiger partial charge is 0.262 e. The molecule has 16 heteroatoms. The highest BCUT2D eigenvalue weighted by atomic mass is 35.5. The standard InChI is InChI=1S/C43H45ClN10O4S/c1-26(8-15-36(56)47-25-55)53-41(57)34-7-5-6-32(38(34)42(53)58)24-51-18-16-50(17-19-51)20-21-52-23-30(22-48-52)9-14-35-27(2)37-39(31-10-12-33(44)13-11-31)49-28(3)40(46)54(29(4)45)43(37)59-35/h5-7,10-13,22-23,25-26,28,45-46H,8,15-21,24H2,1-4H3,(H,47,55,56)/t26?,28-/m0/s1. The average molecular weight is 833 g/mol.